The van der Waals surface area contributed by atoms with E-state index in [0.29, 0.717) is 10.6 Å². The van der Waals surface area contributed by atoms with Gasteiger partial charge in [0.2, 0.25) is 0 Å². The summed E-state index contributed by atoms with van der Waals surface area (Å²) in [5.41, 5.74) is 2.05. The average Bonchev–Trinajstić information content (AvgIpc) is 2.41. The van der Waals surface area contributed by atoms with E-state index in [-0.39, 0.29) is 12.2 Å². The normalized spacial score (nSPS) is 12.2. The van der Waals surface area contributed by atoms with Crippen LogP contribution >= 0.6 is 11.6 Å². The lowest BCUT2D eigenvalue weighted by atomic mass is 9.97. The van der Waals surface area contributed by atoms with Gasteiger partial charge in [0.1, 0.15) is 0 Å². The van der Waals surface area contributed by atoms with Crippen molar-refractivity contribution in [3.63, 3.8) is 0 Å². The van der Waals surface area contributed by atoms with E-state index in [4.69, 9.17) is 16.3 Å². The van der Waals surface area contributed by atoms with E-state index in [9.17, 15) is 9.50 Å². The minimum absolute atomic E-state index is 0.183. The first-order chi connectivity index (χ1) is 9.52. The van der Waals surface area contributed by atoms with Gasteiger partial charge >= 0.3 is 0 Å². The fraction of sp³-hybridized carbons (Fsp3) is 0.250. The fourth-order valence-corrected chi connectivity index (χ4v) is 2.43. The maximum atomic E-state index is 14.1. The zero-order valence-electron chi connectivity index (χ0n) is 11.4. The molecule has 20 heavy (non-hydrogen) atoms. The Balaban J connectivity index is 2.25. The molecule has 106 valence electrons. The van der Waals surface area contributed by atoms with Crippen LogP contribution in [0.2, 0.25) is 5.02 Å². The molecular weight excluding hydrogens is 279 g/mol. The summed E-state index contributed by atoms with van der Waals surface area (Å²) in [4.78, 5) is 0. The molecule has 2 nitrogen and oxygen atoms in total. The van der Waals surface area contributed by atoms with Crippen LogP contribution in [-0.4, -0.2) is 12.2 Å². The summed E-state index contributed by atoms with van der Waals surface area (Å²) < 4.78 is 19.0. The SMILES string of the molecule is COc1cccc(CC(O)c2ccc(Cl)cc2C)c1F. The molecule has 0 aliphatic heterocycles. The number of ether oxygens (including phenoxy) is 1. The summed E-state index contributed by atoms with van der Waals surface area (Å²) in [6.45, 7) is 1.87. The van der Waals surface area contributed by atoms with Crippen molar-refractivity contribution >= 4 is 11.6 Å². The maximum absolute atomic E-state index is 14.1. The second-order valence-electron chi connectivity index (χ2n) is 4.65. The van der Waals surface area contributed by atoms with Crippen LogP contribution in [0.1, 0.15) is 22.8 Å². The lowest BCUT2D eigenvalue weighted by Gasteiger charge is -2.15. The molecule has 0 aliphatic rings. The van der Waals surface area contributed by atoms with Crippen LogP contribution in [0.3, 0.4) is 0 Å². The number of methoxy groups -OCH3 is 1. The van der Waals surface area contributed by atoms with E-state index >= 15 is 0 Å². The molecule has 0 radical (unpaired) electrons. The van der Waals surface area contributed by atoms with Crippen molar-refractivity contribution in [3.8, 4) is 5.75 Å². The number of aryl methyl sites for hydroxylation is 1. The number of aliphatic hydroxyl groups excluding tert-OH is 1. The van der Waals surface area contributed by atoms with Gasteiger partial charge in [-0.2, -0.15) is 0 Å². The molecule has 2 rings (SSSR count). The van der Waals surface area contributed by atoms with Crippen molar-refractivity contribution in [1.29, 1.82) is 0 Å². The van der Waals surface area contributed by atoms with Gasteiger partial charge in [-0.3, -0.25) is 0 Å². The second-order valence-corrected chi connectivity index (χ2v) is 5.09. The van der Waals surface area contributed by atoms with Crippen molar-refractivity contribution < 1.29 is 14.2 Å². The van der Waals surface area contributed by atoms with Crippen molar-refractivity contribution in [1.82, 2.24) is 0 Å². The van der Waals surface area contributed by atoms with E-state index < -0.39 is 11.9 Å². The van der Waals surface area contributed by atoms with Crippen molar-refractivity contribution in [2.45, 2.75) is 19.4 Å². The van der Waals surface area contributed by atoms with E-state index in [2.05, 4.69) is 0 Å². The van der Waals surface area contributed by atoms with E-state index in [1.165, 1.54) is 7.11 Å². The number of halogens is 2. The Hall–Kier alpha value is -1.58. The zero-order valence-corrected chi connectivity index (χ0v) is 12.1. The molecule has 0 fully saturated rings. The van der Waals surface area contributed by atoms with E-state index in [0.717, 1.165) is 11.1 Å². The van der Waals surface area contributed by atoms with Crippen LogP contribution in [0.15, 0.2) is 36.4 Å². The lowest BCUT2D eigenvalue weighted by Crippen LogP contribution is -2.06. The van der Waals surface area contributed by atoms with Gasteiger partial charge in [-0.1, -0.05) is 29.8 Å². The third-order valence-electron chi connectivity index (χ3n) is 3.27. The van der Waals surface area contributed by atoms with Gasteiger partial charge in [0.15, 0.2) is 11.6 Å². The molecule has 2 aromatic rings. The minimum atomic E-state index is -0.783. The Labute approximate surface area is 122 Å². The Morgan fingerprint density at radius 3 is 2.70 bits per heavy atom. The van der Waals surface area contributed by atoms with Crippen LogP contribution in [0, 0.1) is 12.7 Å². The smallest absolute Gasteiger partial charge is 0.168 e. The van der Waals surface area contributed by atoms with Crippen LogP contribution in [0.5, 0.6) is 5.75 Å². The topological polar surface area (TPSA) is 29.5 Å². The molecule has 0 amide bonds. The predicted molar refractivity (Wildman–Crippen MR) is 77.8 cm³/mol. The van der Waals surface area contributed by atoms with Gasteiger partial charge in [-0.05, 0) is 41.8 Å². The molecule has 0 spiro atoms. The fourth-order valence-electron chi connectivity index (χ4n) is 2.20. The summed E-state index contributed by atoms with van der Waals surface area (Å²) >= 11 is 5.89. The number of benzene rings is 2. The molecular formula is C16H16ClFO2. The lowest BCUT2D eigenvalue weighted by molar-refractivity contribution is 0.176. The monoisotopic (exact) mass is 294 g/mol. The summed E-state index contributed by atoms with van der Waals surface area (Å²) in [6, 6.07) is 10.2. The molecule has 0 bridgehead atoms. The standard InChI is InChI=1S/C16H16ClFO2/c1-10-8-12(17)6-7-13(10)14(19)9-11-4-3-5-15(20-2)16(11)18/h3-8,14,19H,9H2,1-2H3. The van der Waals surface area contributed by atoms with Crippen molar-refractivity contribution in [2.24, 2.45) is 0 Å². The van der Waals surface area contributed by atoms with Gasteiger partial charge in [-0.15, -0.1) is 0 Å². The molecule has 0 aromatic heterocycles. The molecule has 4 heteroatoms. The second kappa shape index (κ2) is 6.25. The molecule has 0 heterocycles. The number of rotatable bonds is 4. The highest BCUT2D eigenvalue weighted by Crippen LogP contribution is 2.27. The highest BCUT2D eigenvalue weighted by molar-refractivity contribution is 6.30. The van der Waals surface area contributed by atoms with Gasteiger partial charge in [-0.25, -0.2) is 4.39 Å². The summed E-state index contributed by atoms with van der Waals surface area (Å²) in [6.07, 6.45) is -0.597. The third-order valence-corrected chi connectivity index (χ3v) is 3.50. The zero-order chi connectivity index (χ0) is 14.7. The molecule has 2 aromatic carbocycles. The highest BCUT2D eigenvalue weighted by Gasteiger charge is 2.16. The highest BCUT2D eigenvalue weighted by atomic mass is 35.5. The van der Waals surface area contributed by atoms with Gasteiger partial charge in [0.25, 0.3) is 0 Å². The first-order valence-corrected chi connectivity index (χ1v) is 6.66. The molecule has 1 unspecified atom stereocenters. The summed E-state index contributed by atoms with van der Waals surface area (Å²) in [5.74, 6) is -0.247. The van der Waals surface area contributed by atoms with E-state index in [1.54, 1.807) is 36.4 Å². The van der Waals surface area contributed by atoms with Crippen LogP contribution in [0.4, 0.5) is 4.39 Å². The quantitative estimate of drug-likeness (QED) is 0.921. The largest absolute Gasteiger partial charge is 0.494 e. The summed E-state index contributed by atoms with van der Waals surface area (Å²) in [5, 5.41) is 10.9. The first-order valence-electron chi connectivity index (χ1n) is 6.28. The number of aliphatic hydroxyl groups is 1. The van der Waals surface area contributed by atoms with Gasteiger partial charge in [0, 0.05) is 11.4 Å². The van der Waals surface area contributed by atoms with Crippen LogP contribution < -0.4 is 4.74 Å². The van der Waals surface area contributed by atoms with Crippen LogP contribution in [0.25, 0.3) is 0 Å². The third kappa shape index (κ3) is 3.11. The number of hydrogen-bond acceptors (Lipinski definition) is 2. The first kappa shape index (κ1) is 14.8. The predicted octanol–water partition coefficient (Wildman–Crippen LogP) is 4.07. The molecule has 1 N–H and O–H groups in total. The maximum Gasteiger partial charge on any atom is 0.168 e. The summed E-state index contributed by atoms with van der Waals surface area (Å²) in [7, 11) is 1.42. The number of hydrogen-bond donors (Lipinski definition) is 1. The Bertz CT molecular complexity index is 613. The minimum Gasteiger partial charge on any atom is -0.494 e. The Morgan fingerprint density at radius 1 is 1.30 bits per heavy atom. The van der Waals surface area contributed by atoms with Gasteiger partial charge < -0.3 is 9.84 Å². The molecule has 0 saturated carbocycles. The average molecular weight is 295 g/mol. The molecule has 0 aliphatic carbocycles. The van der Waals surface area contributed by atoms with Crippen molar-refractivity contribution in [3.05, 3.63) is 63.9 Å². The Morgan fingerprint density at radius 2 is 2.05 bits per heavy atom. The van der Waals surface area contributed by atoms with Crippen LogP contribution in [-0.2, 0) is 6.42 Å². The van der Waals surface area contributed by atoms with E-state index in [1.807, 2.05) is 6.92 Å². The van der Waals surface area contributed by atoms with Gasteiger partial charge in [0.05, 0.1) is 13.2 Å². The Kier molecular flexibility index (Phi) is 4.63. The molecule has 0 saturated heterocycles. The van der Waals surface area contributed by atoms with Crippen molar-refractivity contribution in [2.75, 3.05) is 7.11 Å². The molecule has 1 atom stereocenters.